The zero-order valence-corrected chi connectivity index (χ0v) is 12.2. The largest absolute Gasteiger partial charge is 0.352 e. The molecular formula is C15H21N3O2. The van der Waals surface area contributed by atoms with Gasteiger partial charge in [0.1, 0.15) is 6.54 Å². The Morgan fingerprint density at radius 2 is 1.80 bits per heavy atom. The number of hydrogen-bond donors (Lipinski definition) is 1. The maximum atomic E-state index is 12.2. The Bertz CT molecular complexity index is 665. The van der Waals surface area contributed by atoms with Crippen LogP contribution in [0.4, 0.5) is 0 Å². The molecule has 0 spiro atoms. The maximum absolute atomic E-state index is 12.2. The zero-order chi connectivity index (χ0) is 14.7. The average Bonchev–Trinajstić information content (AvgIpc) is 2.70. The molecule has 0 radical (unpaired) electrons. The van der Waals surface area contributed by atoms with E-state index in [1.54, 1.807) is 11.6 Å². The van der Waals surface area contributed by atoms with Gasteiger partial charge < -0.3 is 5.32 Å². The van der Waals surface area contributed by atoms with Gasteiger partial charge in [-0.3, -0.25) is 13.9 Å². The van der Waals surface area contributed by atoms with E-state index in [9.17, 15) is 9.59 Å². The van der Waals surface area contributed by atoms with Crippen molar-refractivity contribution in [3.8, 4) is 0 Å². The lowest BCUT2D eigenvalue weighted by molar-refractivity contribution is -0.122. The van der Waals surface area contributed by atoms with Crippen molar-refractivity contribution in [3.05, 3.63) is 34.7 Å². The highest BCUT2D eigenvalue weighted by Crippen LogP contribution is 2.11. The van der Waals surface area contributed by atoms with Crippen molar-refractivity contribution in [2.24, 2.45) is 7.05 Å². The fourth-order valence-electron chi connectivity index (χ4n) is 2.43. The van der Waals surface area contributed by atoms with E-state index in [0.29, 0.717) is 0 Å². The van der Waals surface area contributed by atoms with Crippen molar-refractivity contribution in [1.29, 1.82) is 0 Å². The first-order valence-electron chi connectivity index (χ1n) is 7.02. The third-order valence-corrected chi connectivity index (χ3v) is 3.70. The first kappa shape index (κ1) is 14.4. The quantitative estimate of drug-likeness (QED) is 0.902. The zero-order valence-electron chi connectivity index (χ0n) is 12.2. The Balaban J connectivity index is 2.28. The van der Waals surface area contributed by atoms with E-state index in [1.807, 2.05) is 38.1 Å². The summed E-state index contributed by atoms with van der Waals surface area (Å²) < 4.78 is 3.09. The molecule has 1 aromatic carbocycles. The van der Waals surface area contributed by atoms with E-state index >= 15 is 0 Å². The molecule has 2 rings (SSSR count). The molecule has 0 atom stereocenters. The lowest BCUT2D eigenvalue weighted by Crippen LogP contribution is -2.38. The third-order valence-electron chi connectivity index (χ3n) is 3.70. The SMILES string of the molecule is CCC(CC)NC(=O)Cn1c(=O)n(C)c2ccccc21. The summed E-state index contributed by atoms with van der Waals surface area (Å²) in [6, 6.07) is 7.67. The van der Waals surface area contributed by atoms with Gasteiger partial charge in [0.2, 0.25) is 5.91 Å². The maximum Gasteiger partial charge on any atom is 0.329 e. The second-order valence-electron chi connectivity index (χ2n) is 5.00. The van der Waals surface area contributed by atoms with Gasteiger partial charge in [-0.05, 0) is 25.0 Å². The second kappa shape index (κ2) is 5.94. The predicted molar refractivity (Wildman–Crippen MR) is 79.7 cm³/mol. The topological polar surface area (TPSA) is 56.0 Å². The number of fused-ring (bicyclic) bond motifs is 1. The summed E-state index contributed by atoms with van der Waals surface area (Å²) in [4.78, 5) is 24.3. The van der Waals surface area contributed by atoms with Crippen LogP contribution in [0.2, 0.25) is 0 Å². The number of para-hydroxylation sites is 2. The fraction of sp³-hybridized carbons (Fsp3) is 0.467. The lowest BCUT2D eigenvalue weighted by Gasteiger charge is -2.14. The van der Waals surface area contributed by atoms with Gasteiger partial charge in [-0.25, -0.2) is 4.79 Å². The molecule has 1 aromatic heterocycles. The van der Waals surface area contributed by atoms with Crippen LogP contribution < -0.4 is 11.0 Å². The first-order chi connectivity index (χ1) is 9.58. The average molecular weight is 275 g/mol. The Morgan fingerprint density at radius 3 is 2.40 bits per heavy atom. The molecule has 5 nitrogen and oxygen atoms in total. The van der Waals surface area contributed by atoms with Gasteiger partial charge in [0.15, 0.2) is 0 Å². The molecule has 0 saturated carbocycles. The van der Waals surface area contributed by atoms with Crippen LogP contribution in [-0.2, 0) is 18.4 Å². The standard InChI is InChI=1S/C15H21N3O2/c1-4-11(5-2)16-14(19)10-18-13-9-7-6-8-12(13)17(3)15(18)20/h6-9,11H,4-5,10H2,1-3H3,(H,16,19). The second-order valence-corrected chi connectivity index (χ2v) is 5.00. The van der Waals surface area contributed by atoms with Crippen molar-refractivity contribution in [1.82, 2.24) is 14.5 Å². The Labute approximate surface area is 118 Å². The molecule has 5 heteroatoms. The van der Waals surface area contributed by atoms with Crippen LogP contribution >= 0.6 is 0 Å². The molecule has 0 aliphatic rings. The molecule has 1 N–H and O–H groups in total. The number of nitrogens with one attached hydrogen (secondary N) is 1. The Hall–Kier alpha value is -2.04. The normalized spacial score (nSPS) is 11.2. The van der Waals surface area contributed by atoms with Gasteiger partial charge in [0.05, 0.1) is 11.0 Å². The summed E-state index contributed by atoms with van der Waals surface area (Å²) in [6.45, 7) is 4.15. The smallest absolute Gasteiger partial charge is 0.329 e. The molecule has 0 saturated heterocycles. The highest BCUT2D eigenvalue weighted by Gasteiger charge is 2.14. The van der Waals surface area contributed by atoms with Crippen molar-refractivity contribution in [2.45, 2.75) is 39.3 Å². The Morgan fingerprint density at radius 1 is 1.20 bits per heavy atom. The molecule has 0 unspecified atom stereocenters. The van der Waals surface area contributed by atoms with Crippen molar-refractivity contribution in [2.75, 3.05) is 0 Å². The van der Waals surface area contributed by atoms with Gasteiger partial charge in [-0.15, -0.1) is 0 Å². The molecule has 0 aliphatic heterocycles. The number of rotatable bonds is 5. The summed E-state index contributed by atoms with van der Waals surface area (Å²) in [6.07, 6.45) is 1.79. The van der Waals surface area contributed by atoms with Crippen LogP contribution in [0.3, 0.4) is 0 Å². The molecule has 0 fully saturated rings. The number of amides is 1. The van der Waals surface area contributed by atoms with E-state index < -0.39 is 0 Å². The molecule has 0 bridgehead atoms. The minimum Gasteiger partial charge on any atom is -0.352 e. The highest BCUT2D eigenvalue weighted by atomic mass is 16.2. The predicted octanol–water partition coefficient (Wildman–Crippen LogP) is 1.64. The number of nitrogens with zero attached hydrogens (tertiary/aromatic N) is 2. The molecule has 20 heavy (non-hydrogen) atoms. The molecule has 1 heterocycles. The van der Waals surface area contributed by atoms with Crippen molar-refractivity contribution in [3.63, 3.8) is 0 Å². The first-order valence-corrected chi connectivity index (χ1v) is 7.02. The number of imidazole rings is 1. The van der Waals surface area contributed by atoms with Gasteiger partial charge in [-0.1, -0.05) is 26.0 Å². The summed E-state index contributed by atoms with van der Waals surface area (Å²) in [5, 5.41) is 2.96. The summed E-state index contributed by atoms with van der Waals surface area (Å²) in [5.74, 6) is -0.114. The van der Waals surface area contributed by atoms with Crippen LogP contribution in [0.1, 0.15) is 26.7 Å². The van der Waals surface area contributed by atoms with Crippen molar-refractivity contribution < 1.29 is 4.79 Å². The lowest BCUT2D eigenvalue weighted by atomic mass is 10.2. The molecule has 1 amide bonds. The minimum absolute atomic E-state index is 0.0662. The molecular weight excluding hydrogens is 254 g/mol. The number of hydrogen-bond acceptors (Lipinski definition) is 2. The van der Waals surface area contributed by atoms with Crippen LogP contribution in [-0.4, -0.2) is 21.1 Å². The summed E-state index contributed by atoms with van der Waals surface area (Å²) in [5.41, 5.74) is 1.47. The number of carbonyl (C=O) groups excluding carboxylic acids is 1. The Kier molecular flexibility index (Phi) is 4.27. The van der Waals surface area contributed by atoms with Gasteiger partial charge >= 0.3 is 5.69 Å². The van der Waals surface area contributed by atoms with Gasteiger partial charge in [0, 0.05) is 13.1 Å². The van der Waals surface area contributed by atoms with Crippen LogP contribution in [0, 0.1) is 0 Å². The van der Waals surface area contributed by atoms with E-state index in [0.717, 1.165) is 23.9 Å². The van der Waals surface area contributed by atoms with E-state index in [-0.39, 0.29) is 24.2 Å². The molecule has 108 valence electrons. The van der Waals surface area contributed by atoms with E-state index in [1.165, 1.54) is 4.57 Å². The number of carbonyl (C=O) groups is 1. The molecule has 2 aromatic rings. The fourth-order valence-corrected chi connectivity index (χ4v) is 2.43. The monoisotopic (exact) mass is 275 g/mol. The van der Waals surface area contributed by atoms with E-state index in [4.69, 9.17) is 0 Å². The minimum atomic E-state index is -0.161. The van der Waals surface area contributed by atoms with Crippen molar-refractivity contribution >= 4 is 16.9 Å². The van der Waals surface area contributed by atoms with Crippen LogP contribution in [0.25, 0.3) is 11.0 Å². The number of aromatic nitrogens is 2. The summed E-state index contributed by atoms with van der Waals surface area (Å²) >= 11 is 0. The highest BCUT2D eigenvalue weighted by molar-refractivity contribution is 5.81. The molecule has 0 aliphatic carbocycles. The summed E-state index contributed by atoms with van der Waals surface area (Å²) in [7, 11) is 1.72. The van der Waals surface area contributed by atoms with Crippen LogP contribution in [0.15, 0.2) is 29.1 Å². The number of aryl methyl sites for hydroxylation is 1. The van der Waals surface area contributed by atoms with Gasteiger partial charge in [-0.2, -0.15) is 0 Å². The van der Waals surface area contributed by atoms with Gasteiger partial charge in [0.25, 0.3) is 0 Å². The third kappa shape index (κ3) is 2.61. The van der Waals surface area contributed by atoms with Crippen LogP contribution in [0.5, 0.6) is 0 Å². The van der Waals surface area contributed by atoms with E-state index in [2.05, 4.69) is 5.32 Å². The number of benzene rings is 1.